The molecule has 2 N–H and O–H groups in total. The SMILES string of the molecule is CCS(=O)(=O)CCNc1nccnc1C(=O)O. The molecule has 0 unspecified atom stereocenters. The van der Waals surface area contributed by atoms with Crippen LogP contribution in [0.2, 0.25) is 0 Å². The van der Waals surface area contributed by atoms with E-state index in [-0.39, 0.29) is 29.6 Å². The zero-order valence-corrected chi connectivity index (χ0v) is 10.1. The topological polar surface area (TPSA) is 109 Å². The van der Waals surface area contributed by atoms with Gasteiger partial charge in [0, 0.05) is 24.7 Å². The molecule has 1 aromatic rings. The van der Waals surface area contributed by atoms with Crippen molar-refractivity contribution in [3.8, 4) is 0 Å². The van der Waals surface area contributed by atoms with E-state index in [1.807, 2.05) is 0 Å². The lowest BCUT2D eigenvalue weighted by molar-refractivity contribution is 0.0691. The van der Waals surface area contributed by atoms with E-state index in [2.05, 4.69) is 15.3 Å². The highest BCUT2D eigenvalue weighted by Crippen LogP contribution is 2.07. The van der Waals surface area contributed by atoms with E-state index in [1.54, 1.807) is 6.92 Å². The smallest absolute Gasteiger partial charge is 0.358 e. The molecule has 7 nitrogen and oxygen atoms in total. The molecule has 1 rings (SSSR count). The maximum Gasteiger partial charge on any atom is 0.358 e. The molecule has 17 heavy (non-hydrogen) atoms. The molecule has 0 aliphatic carbocycles. The van der Waals surface area contributed by atoms with Gasteiger partial charge in [0.15, 0.2) is 21.3 Å². The van der Waals surface area contributed by atoms with Gasteiger partial charge in [-0.15, -0.1) is 0 Å². The number of nitrogens with one attached hydrogen (secondary N) is 1. The fraction of sp³-hybridized carbons (Fsp3) is 0.444. The lowest BCUT2D eigenvalue weighted by atomic mass is 10.4. The van der Waals surface area contributed by atoms with Crippen molar-refractivity contribution in [2.45, 2.75) is 6.92 Å². The predicted molar refractivity (Wildman–Crippen MR) is 61.8 cm³/mol. The zero-order chi connectivity index (χ0) is 12.9. The van der Waals surface area contributed by atoms with Crippen LogP contribution in [0.1, 0.15) is 17.4 Å². The minimum atomic E-state index is -3.08. The molecule has 0 fully saturated rings. The molecule has 0 radical (unpaired) electrons. The Morgan fingerprint density at radius 1 is 1.41 bits per heavy atom. The summed E-state index contributed by atoms with van der Waals surface area (Å²) >= 11 is 0. The third-order valence-electron chi connectivity index (χ3n) is 2.05. The van der Waals surface area contributed by atoms with Gasteiger partial charge in [0.2, 0.25) is 0 Å². The zero-order valence-electron chi connectivity index (χ0n) is 9.25. The van der Waals surface area contributed by atoms with E-state index in [0.29, 0.717) is 0 Å². The first-order chi connectivity index (χ1) is 7.96. The largest absolute Gasteiger partial charge is 0.476 e. The van der Waals surface area contributed by atoms with Crippen molar-refractivity contribution < 1.29 is 18.3 Å². The second kappa shape index (κ2) is 5.58. The molecule has 0 aliphatic rings. The standard InChI is InChI=1S/C9H13N3O4S/c1-2-17(15,16)6-5-12-8-7(9(13)14)10-3-4-11-8/h3-4H,2,5-6H2,1H3,(H,11,12)(H,13,14). The van der Waals surface area contributed by atoms with Crippen LogP contribution < -0.4 is 5.32 Å². The van der Waals surface area contributed by atoms with Gasteiger partial charge in [0.05, 0.1) is 5.75 Å². The molecule has 1 heterocycles. The number of anilines is 1. The number of aromatic nitrogens is 2. The predicted octanol–water partition coefficient (Wildman–Crippen LogP) is 0.0214. The van der Waals surface area contributed by atoms with Crippen molar-refractivity contribution in [1.82, 2.24) is 9.97 Å². The average molecular weight is 259 g/mol. The molecule has 0 saturated heterocycles. The summed E-state index contributed by atoms with van der Waals surface area (Å²) in [5, 5.41) is 11.5. The molecular weight excluding hydrogens is 246 g/mol. The monoisotopic (exact) mass is 259 g/mol. The van der Waals surface area contributed by atoms with Gasteiger partial charge in [-0.3, -0.25) is 0 Å². The number of carboxylic acids is 1. The maximum atomic E-state index is 11.2. The third kappa shape index (κ3) is 3.99. The summed E-state index contributed by atoms with van der Waals surface area (Å²) in [4.78, 5) is 18.2. The van der Waals surface area contributed by atoms with Crippen molar-refractivity contribution >= 4 is 21.6 Å². The van der Waals surface area contributed by atoms with Crippen LogP contribution in [0.3, 0.4) is 0 Å². The Morgan fingerprint density at radius 3 is 2.65 bits per heavy atom. The van der Waals surface area contributed by atoms with Crippen LogP contribution in [0.4, 0.5) is 5.82 Å². The minimum Gasteiger partial charge on any atom is -0.476 e. The second-order valence-corrected chi connectivity index (χ2v) is 5.69. The van der Waals surface area contributed by atoms with Gasteiger partial charge in [0.25, 0.3) is 0 Å². The number of aromatic carboxylic acids is 1. The highest BCUT2D eigenvalue weighted by Gasteiger charge is 2.13. The van der Waals surface area contributed by atoms with Gasteiger partial charge in [-0.1, -0.05) is 6.92 Å². The maximum absolute atomic E-state index is 11.2. The Bertz CT molecular complexity index is 501. The fourth-order valence-corrected chi connectivity index (χ4v) is 1.79. The molecule has 0 amide bonds. The Labute approximate surface area is 98.8 Å². The van der Waals surface area contributed by atoms with Crippen molar-refractivity contribution in [3.63, 3.8) is 0 Å². The van der Waals surface area contributed by atoms with Gasteiger partial charge < -0.3 is 10.4 Å². The van der Waals surface area contributed by atoms with E-state index in [9.17, 15) is 13.2 Å². The molecular formula is C9H13N3O4S. The molecule has 0 spiro atoms. The second-order valence-electron chi connectivity index (χ2n) is 3.22. The lowest BCUT2D eigenvalue weighted by Gasteiger charge is -2.06. The summed E-state index contributed by atoms with van der Waals surface area (Å²) in [6.45, 7) is 1.66. The quantitative estimate of drug-likeness (QED) is 0.741. The molecule has 0 bridgehead atoms. The number of hydrogen-bond acceptors (Lipinski definition) is 6. The molecule has 0 aromatic carbocycles. The van der Waals surface area contributed by atoms with Crippen LogP contribution in [0.15, 0.2) is 12.4 Å². The Hall–Kier alpha value is -1.70. The van der Waals surface area contributed by atoms with Gasteiger partial charge in [-0.05, 0) is 0 Å². The van der Waals surface area contributed by atoms with E-state index in [0.717, 1.165) is 0 Å². The highest BCUT2D eigenvalue weighted by atomic mass is 32.2. The summed E-state index contributed by atoms with van der Waals surface area (Å²) in [6.07, 6.45) is 2.60. The Balaban J connectivity index is 2.67. The van der Waals surface area contributed by atoms with Gasteiger partial charge >= 0.3 is 5.97 Å². The molecule has 0 aliphatic heterocycles. The molecule has 8 heteroatoms. The van der Waals surface area contributed by atoms with Crippen LogP contribution in [0, 0.1) is 0 Å². The number of carboxylic acid groups (broad SMARTS) is 1. The van der Waals surface area contributed by atoms with Crippen LogP contribution in [-0.4, -0.2) is 47.5 Å². The van der Waals surface area contributed by atoms with E-state index in [4.69, 9.17) is 5.11 Å². The van der Waals surface area contributed by atoms with Gasteiger partial charge in [-0.2, -0.15) is 0 Å². The first-order valence-electron chi connectivity index (χ1n) is 4.95. The molecule has 94 valence electrons. The van der Waals surface area contributed by atoms with E-state index < -0.39 is 15.8 Å². The summed E-state index contributed by atoms with van der Waals surface area (Å²) in [6, 6.07) is 0. The normalized spacial score (nSPS) is 11.1. The first-order valence-corrected chi connectivity index (χ1v) is 6.77. The number of carbonyl (C=O) groups is 1. The highest BCUT2D eigenvalue weighted by molar-refractivity contribution is 7.91. The molecule has 1 aromatic heterocycles. The van der Waals surface area contributed by atoms with Crippen molar-refractivity contribution in [2.24, 2.45) is 0 Å². The minimum absolute atomic E-state index is 0.0565. The number of rotatable bonds is 6. The van der Waals surface area contributed by atoms with Gasteiger partial charge in [-0.25, -0.2) is 23.2 Å². The van der Waals surface area contributed by atoms with Crippen molar-refractivity contribution in [3.05, 3.63) is 18.1 Å². The lowest BCUT2D eigenvalue weighted by Crippen LogP contribution is -2.19. The number of nitrogens with zero attached hydrogens (tertiary/aromatic N) is 2. The summed E-state index contributed by atoms with van der Waals surface area (Å²) in [5.74, 6) is -1.15. The van der Waals surface area contributed by atoms with E-state index in [1.165, 1.54) is 12.4 Å². The van der Waals surface area contributed by atoms with Crippen molar-refractivity contribution in [2.75, 3.05) is 23.4 Å². The summed E-state index contributed by atoms with van der Waals surface area (Å²) in [7, 11) is -3.08. The number of hydrogen-bond donors (Lipinski definition) is 2. The third-order valence-corrected chi connectivity index (χ3v) is 3.75. The Morgan fingerprint density at radius 2 is 2.06 bits per heavy atom. The van der Waals surface area contributed by atoms with Crippen LogP contribution in [0.25, 0.3) is 0 Å². The van der Waals surface area contributed by atoms with Gasteiger partial charge in [0.1, 0.15) is 0 Å². The van der Waals surface area contributed by atoms with Crippen molar-refractivity contribution in [1.29, 1.82) is 0 Å². The molecule has 0 atom stereocenters. The van der Waals surface area contributed by atoms with Crippen LogP contribution in [-0.2, 0) is 9.84 Å². The average Bonchev–Trinajstić information content (AvgIpc) is 2.29. The fourth-order valence-electron chi connectivity index (χ4n) is 1.09. The summed E-state index contributed by atoms with van der Waals surface area (Å²) < 4.78 is 22.4. The number of sulfone groups is 1. The van der Waals surface area contributed by atoms with Crippen LogP contribution in [0.5, 0.6) is 0 Å². The Kier molecular flexibility index (Phi) is 4.38. The van der Waals surface area contributed by atoms with E-state index >= 15 is 0 Å². The van der Waals surface area contributed by atoms with Crippen LogP contribution >= 0.6 is 0 Å². The molecule has 0 saturated carbocycles. The first kappa shape index (κ1) is 13.4. The summed E-state index contributed by atoms with van der Waals surface area (Å²) in [5.41, 5.74) is -0.221.